The van der Waals surface area contributed by atoms with Crippen LogP contribution in [-0.2, 0) is 35.7 Å². The molecule has 11 nitrogen and oxygen atoms in total. The SMILES string of the molecule is COc1cc(NS(=O)(=O)c2ccc3ccccc3c2)c2cc1Oc1ccc(cc1)C[C@H]1c3cc(c(OC)cc3CCN1C)Oc1c(OC)c(OC)cc3c1[C@H](C2)N(C)CC3. The van der Waals surface area contributed by atoms with E-state index in [1.165, 1.54) is 11.1 Å². The van der Waals surface area contributed by atoms with Gasteiger partial charge in [-0.25, -0.2) is 8.42 Å². The lowest BCUT2D eigenvalue weighted by molar-refractivity contribution is 0.220. The van der Waals surface area contributed by atoms with E-state index < -0.39 is 10.0 Å². The Bertz CT molecular complexity index is 2720. The third kappa shape index (κ3) is 7.22. The summed E-state index contributed by atoms with van der Waals surface area (Å²) in [7, 11) is 6.63. The fourth-order valence-electron chi connectivity index (χ4n) is 8.98. The molecule has 4 heterocycles. The molecule has 0 fully saturated rings. The number of likely N-dealkylation sites (N-methyl/N-ethyl adjacent to an activating group) is 2. The second kappa shape index (κ2) is 15.9. The normalized spacial score (nSPS) is 17.7. The predicted molar refractivity (Wildman–Crippen MR) is 232 cm³/mol. The molecule has 6 aromatic carbocycles. The third-order valence-corrected chi connectivity index (χ3v) is 13.6. The first kappa shape index (κ1) is 39.5. The van der Waals surface area contributed by atoms with E-state index in [-0.39, 0.29) is 17.0 Å². The van der Waals surface area contributed by atoms with E-state index in [0.717, 1.165) is 59.8 Å². The van der Waals surface area contributed by atoms with Crippen molar-refractivity contribution in [3.8, 4) is 46.0 Å². The van der Waals surface area contributed by atoms with Crippen molar-refractivity contribution in [2.75, 3.05) is 60.3 Å². The molecule has 4 aliphatic rings. The van der Waals surface area contributed by atoms with Crippen LogP contribution in [0.25, 0.3) is 10.8 Å². The van der Waals surface area contributed by atoms with Crippen LogP contribution in [0.1, 0.15) is 45.5 Å². The van der Waals surface area contributed by atoms with E-state index in [1.807, 2.05) is 54.6 Å². The van der Waals surface area contributed by atoms with Gasteiger partial charge in [0.25, 0.3) is 10.0 Å². The number of nitrogens with zero attached hydrogens (tertiary/aromatic N) is 2. The molecule has 0 amide bonds. The zero-order chi connectivity index (χ0) is 41.7. The molecule has 2 atom stereocenters. The maximum Gasteiger partial charge on any atom is 0.261 e. The highest BCUT2D eigenvalue weighted by molar-refractivity contribution is 7.92. The topological polar surface area (TPSA) is 108 Å². The van der Waals surface area contributed by atoms with Crippen LogP contribution in [-0.4, -0.2) is 73.8 Å². The highest BCUT2D eigenvalue weighted by Gasteiger charge is 2.35. The predicted octanol–water partition coefficient (Wildman–Crippen LogP) is 9.12. The van der Waals surface area contributed by atoms with Gasteiger partial charge in [-0.05, 0) is 127 Å². The van der Waals surface area contributed by atoms with Crippen LogP contribution in [0.2, 0.25) is 0 Å². The summed E-state index contributed by atoms with van der Waals surface area (Å²) in [6.07, 6.45) is 2.72. The number of hydrogen-bond acceptors (Lipinski definition) is 10. The molecular formula is C48H49N3O8S. The Hall–Kier alpha value is -5.95. The molecule has 310 valence electrons. The standard InChI is InChI=1S/C48H49N3O8S/c1-50-19-17-32-24-41(54-3)44-27-37(32)39(50)21-29-11-14-35(15-12-29)58-43-26-34(23-40-46-33(18-20-51(40)2)25-45(56-5)47(57-6)48(46)59-44)38(28-42(43)55-4)49-60(52,53)36-16-13-30-9-7-8-10-31(30)22-36/h7-16,22,24-28,39-40,49H,17-21,23H2,1-6H3/t39-,40-/m0/s1. The van der Waals surface area contributed by atoms with Crippen LogP contribution >= 0.6 is 0 Å². The van der Waals surface area contributed by atoms with Crippen LogP contribution in [0.15, 0.2) is 102 Å². The minimum Gasteiger partial charge on any atom is -0.493 e. The number of benzene rings is 6. The Balaban J connectivity index is 1.25. The van der Waals surface area contributed by atoms with Crippen molar-refractivity contribution in [1.82, 2.24) is 9.80 Å². The lowest BCUT2D eigenvalue weighted by Crippen LogP contribution is -2.34. The minimum absolute atomic E-state index is 0.0845. The lowest BCUT2D eigenvalue weighted by atomic mass is 9.87. The highest BCUT2D eigenvalue weighted by atomic mass is 32.2. The molecule has 1 N–H and O–H groups in total. The van der Waals surface area contributed by atoms with Gasteiger partial charge in [0.2, 0.25) is 5.75 Å². The monoisotopic (exact) mass is 827 g/mol. The van der Waals surface area contributed by atoms with E-state index in [2.05, 4.69) is 52.9 Å². The van der Waals surface area contributed by atoms with Crippen molar-refractivity contribution in [3.05, 3.63) is 130 Å². The van der Waals surface area contributed by atoms with E-state index in [1.54, 1.807) is 46.6 Å². The van der Waals surface area contributed by atoms with Gasteiger partial charge in [0.15, 0.2) is 34.5 Å². The molecule has 4 aliphatic heterocycles. The van der Waals surface area contributed by atoms with Gasteiger partial charge < -0.3 is 28.4 Å². The average molecular weight is 828 g/mol. The Kier molecular flexibility index (Phi) is 10.5. The van der Waals surface area contributed by atoms with Crippen LogP contribution < -0.4 is 33.1 Å². The molecule has 0 saturated heterocycles. The molecule has 60 heavy (non-hydrogen) atoms. The highest BCUT2D eigenvalue weighted by Crippen LogP contribution is 2.52. The van der Waals surface area contributed by atoms with Crippen molar-refractivity contribution < 1.29 is 36.8 Å². The summed E-state index contributed by atoms with van der Waals surface area (Å²) < 4.78 is 69.2. The second-order valence-electron chi connectivity index (χ2n) is 15.7. The Labute approximate surface area is 351 Å². The summed E-state index contributed by atoms with van der Waals surface area (Å²) in [6.45, 7) is 1.64. The largest absolute Gasteiger partial charge is 0.493 e. The summed E-state index contributed by atoms with van der Waals surface area (Å²) >= 11 is 0. The number of fused-ring (bicyclic) bond motifs is 3. The van der Waals surface area contributed by atoms with Crippen molar-refractivity contribution in [2.24, 2.45) is 0 Å². The zero-order valence-electron chi connectivity index (χ0n) is 34.7. The van der Waals surface area contributed by atoms with Gasteiger partial charge in [0, 0.05) is 36.8 Å². The van der Waals surface area contributed by atoms with Gasteiger partial charge in [0.05, 0.1) is 39.0 Å². The molecule has 0 spiro atoms. The molecule has 10 rings (SSSR count). The van der Waals surface area contributed by atoms with Gasteiger partial charge in [-0.15, -0.1) is 0 Å². The maximum atomic E-state index is 14.3. The molecule has 0 aliphatic carbocycles. The fraction of sp³-hybridized carbons (Fsp3) is 0.292. The summed E-state index contributed by atoms with van der Waals surface area (Å²) in [6, 6.07) is 30.6. The zero-order valence-corrected chi connectivity index (χ0v) is 35.5. The van der Waals surface area contributed by atoms with Crippen molar-refractivity contribution in [3.63, 3.8) is 0 Å². The van der Waals surface area contributed by atoms with E-state index >= 15 is 0 Å². The van der Waals surface area contributed by atoms with Crippen molar-refractivity contribution in [1.29, 1.82) is 0 Å². The van der Waals surface area contributed by atoms with E-state index in [4.69, 9.17) is 28.4 Å². The van der Waals surface area contributed by atoms with Gasteiger partial charge >= 0.3 is 0 Å². The first-order chi connectivity index (χ1) is 29.1. The summed E-state index contributed by atoms with van der Waals surface area (Å²) in [4.78, 5) is 4.80. The second-order valence-corrected chi connectivity index (χ2v) is 17.4. The Morgan fingerprint density at radius 1 is 0.633 bits per heavy atom. The number of anilines is 1. The van der Waals surface area contributed by atoms with Crippen molar-refractivity contribution >= 4 is 26.5 Å². The Morgan fingerprint density at radius 3 is 2.03 bits per heavy atom. The van der Waals surface area contributed by atoms with Gasteiger partial charge in [-0.2, -0.15) is 0 Å². The number of sulfonamides is 1. The molecular weight excluding hydrogens is 779 g/mol. The average Bonchev–Trinajstić information content (AvgIpc) is 3.26. The van der Waals surface area contributed by atoms with Crippen LogP contribution in [0.3, 0.4) is 0 Å². The first-order valence-electron chi connectivity index (χ1n) is 20.1. The molecule has 0 radical (unpaired) electrons. The summed E-state index contributed by atoms with van der Waals surface area (Å²) in [5.74, 6) is 4.17. The summed E-state index contributed by atoms with van der Waals surface area (Å²) in [5.41, 5.74) is 6.55. The number of hydrogen-bond donors (Lipinski definition) is 1. The lowest BCUT2D eigenvalue weighted by Gasteiger charge is -2.37. The van der Waals surface area contributed by atoms with Gasteiger partial charge in [0.1, 0.15) is 5.75 Å². The molecule has 6 aromatic rings. The van der Waals surface area contributed by atoms with Gasteiger partial charge in [-0.1, -0.05) is 42.5 Å². The Morgan fingerprint density at radius 2 is 1.30 bits per heavy atom. The fourth-order valence-corrected chi connectivity index (χ4v) is 10.1. The maximum absolute atomic E-state index is 14.3. The molecule has 0 saturated carbocycles. The van der Waals surface area contributed by atoms with E-state index in [0.29, 0.717) is 63.7 Å². The third-order valence-electron chi connectivity index (χ3n) is 12.3. The van der Waals surface area contributed by atoms with E-state index in [9.17, 15) is 8.42 Å². The quantitative estimate of drug-likeness (QED) is 0.168. The van der Waals surface area contributed by atoms with Crippen LogP contribution in [0.5, 0.6) is 46.0 Å². The minimum atomic E-state index is -4.07. The smallest absolute Gasteiger partial charge is 0.261 e. The summed E-state index contributed by atoms with van der Waals surface area (Å²) in [5, 5.41) is 1.77. The number of nitrogens with one attached hydrogen (secondary N) is 1. The number of methoxy groups -OCH3 is 4. The van der Waals surface area contributed by atoms with Gasteiger partial charge in [-0.3, -0.25) is 14.5 Å². The molecule has 0 aromatic heterocycles. The molecule has 12 heteroatoms. The van der Waals surface area contributed by atoms with Crippen LogP contribution in [0, 0.1) is 0 Å². The first-order valence-corrected chi connectivity index (χ1v) is 21.6. The van der Waals surface area contributed by atoms with Crippen molar-refractivity contribution in [2.45, 2.75) is 42.7 Å². The number of rotatable bonds is 7. The molecule has 0 unspecified atom stereocenters. The van der Waals surface area contributed by atoms with Crippen LogP contribution in [0.4, 0.5) is 5.69 Å². The number of ether oxygens (including phenoxy) is 6. The molecule has 6 bridgehead atoms.